The number of non-ortho nitro benzene ring substituents is 1. The summed E-state index contributed by atoms with van der Waals surface area (Å²) in [7, 11) is 1.44. The molecule has 0 bridgehead atoms. The zero-order valence-corrected chi connectivity index (χ0v) is 14.6. The van der Waals surface area contributed by atoms with Crippen molar-refractivity contribution in [2.75, 3.05) is 32.1 Å². The number of ether oxygens (including phenoxy) is 1. The van der Waals surface area contributed by atoms with Gasteiger partial charge in [0.15, 0.2) is 6.54 Å². The summed E-state index contributed by atoms with van der Waals surface area (Å²) in [6.07, 6.45) is 6.54. The largest absolute Gasteiger partial charge is 0.494 e. The van der Waals surface area contributed by atoms with E-state index < -0.39 is 4.92 Å². The van der Waals surface area contributed by atoms with Crippen LogP contribution in [0.3, 0.4) is 0 Å². The standard InChI is InChI=1S/C18H25N3O4/c1-25-17-10-15(21(23)24)6-7-16(17)19-18(22)12-20-9-8-13-4-2-3-5-14(13)11-20/h6-7,10,13-14H,2-5,8-9,11-12H2,1H3,(H,19,22)/p+1/t13-,14-/m1/s1. The van der Waals surface area contributed by atoms with Gasteiger partial charge in [-0.05, 0) is 31.2 Å². The summed E-state index contributed by atoms with van der Waals surface area (Å²) in [5.74, 6) is 1.86. The summed E-state index contributed by atoms with van der Waals surface area (Å²) in [5.41, 5.74) is 0.421. The van der Waals surface area contributed by atoms with Crippen LogP contribution >= 0.6 is 0 Å². The minimum atomic E-state index is -0.480. The highest BCUT2D eigenvalue weighted by atomic mass is 16.6. The second kappa shape index (κ2) is 7.82. The van der Waals surface area contributed by atoms with E-state index in [4.69, 9.17) is 4.74 Å². The maximum atomic E-state index is 12.4. The van der Waals surface area contributed by atoms with Gasteiger partial charge < -0.3 is 15.0 Å². The normalized spacial score (nSPS) is 25.7. The van der Waals surface area contributed by atoms with Crippen molar-refractivity contribution in [3.63, 3.8) is 0 Å². The fraction of sp³-hybridized carbons (Fsp3) is 0.611. The second-order valence-corrected chi connectivity index (χ2v) is 7.16. The Morgan fingerprint density at radius 1 is 1.32 bits per heavy atom. The summed E-state index contributed by atoms with van der Waals surface area (Å²) in [6.45, 7) is 2.56. The number of nitrogens with one attached hydrogen (secondary N) is 2. The van der Waals surface area contributed by atoms with Crippen LogP contribution in [0, 0.1) is 22.0 Å². The molecular formula is C18H26N3O4+. The Balaban J connectivity index is 1.58. The molecule has 1 aliphatic heterocycles. The van der Waals surface area contributed by atoms with E-state index in [0.29, 0.717) is 18.0 Å². The number of carbonyl (C=O) groups is 1. The van der Waals surface area contributed by atoms with Crippen molar-refractivity contribution in [3.8, 4) is 5.75 Å². The third-order valence-electron chi connectivity index (χ3n) is 5.57. The number of methoxy groups -OCH3 is 1. The number of carbonyl (C=O) groups excluding carboxylic acids is 1. The fourth-order valence-electron chi connectivity index (χ4n) is 4.27. The molecule has 1 aromatic rings. The minimum absolute atomic E-state index is 0.0557. The van der Waals surface area contributed by atoms with Crippen molar-refractivity contribution in [2.24, 2.45) is 11.8 Å². The molecule has 1 saturated heterocycles. The van der Waals surface area contributed by atoms with Gasteiger partial charge in [0.25, 0.3) is 11.6 Å². The monoisotopic (exact) mass is 348 g/mol. The molecule has 0 spiro atoms. The van der Waals surface area contributed by atoms with E-state index in [2.05, 4.69) is 5.32 Å². The molecule has 1 unspecified atom stereocenters. The number of piperidine rings is 1. The van der Waals surface area contributed by atoms with Crippen LogP contribution in [0.1, 0.15) is 32.1 Å². The Hall–Kier alpha value is -2.15. The topological polar surface area (TPSA) is 85.9 Å². The van der Waals surface area contributed by atoms with Gasteiger partial charge in [-0.2, -0.15) is 0 Å². The first-order chi connectivity index (χ1) is 12.1. The summed E-state index contributed by atoms with van der Waals surface area (Å²) >= 11 is 0. The molecule has 1 heterocycles. The van der Waals surface area contributed by atoms with Gasteiger partial charge in [0.1, 0.15) is 5.75 Å². The molecule has 3 atom stereocenters. The van der Waals surface area contributed by atoms with Crippen LogP contribution in [0.4, 0.5) is 11.4 Å². The van der Waals surface area contributed by atoms with Gasteiger partial charge >= 0.3 is 0 Å². The van der Waals surface area contributed by atoms with Crippen LogP contribution in [0.15, 0.2) is 18.2 Å². The Bertz CT molecular complexity index is 649. The molecule has 2 N–H and O–H groups in total. The molecule has 2 fully saturated rings. The van der Waals surface area contributed by atoms with E-state index in [1.807, 2.05) is 0 Å². The van der Waals surface area contributed by atoms with Crippen molar-refractivity contribution in [2.45, 2.75) is 32.1 Å². The van der Waals surface area contributed by atoms with Gasteiger partial charge in [0, 0.05) is 12.0 Å². The number of nitro groups is 1. The molecule has 25 heavy (non-hydrogen) atoms. The predicted molar refractivity (Wildman–Crippen MR) is 93.9 cm³/mol. The van der Waals surface area contributed by atoms with E-state index in [9.17, 15) is 14.9 Å². The lowest BCUT2D eigenvalue weighted by molar-refractivity contribution is -0.902. The SMILES string of the molecule is COc1cc([N+](=O)[O-])ccc1NC(=O)C[NH+]1CC[C@H]2CCCC[C@@H]2C1. The third kappa shape index (κ3) is 4.28. The first-order valence-electron chi connectivity index (χ1n) is 9.02. The number of fused-ring (bicyclic) bond motifs is 1. The molecule has 1 amide bonds. The smallest absolute Gasteiger partial charge is 0.279 e. The number of hydrogen-bond donors (Lipinski definition) is 2. The van der Waals surface area contributed by atoms with Gasteiger partial charge in [-0.15, -0.1) is 0 Å². The van der Waals surface area contributed by atoms with Crippen LogP contribution in [-0.4, -0.2) is 37.6 Å². The van der Waals surface area contributed by atoms with Crippen molar-refractivity contribution in [1.82, 2.24) is 0 Å². The molecule has 2 aliphatic rings. The Morgan fingerprint density at radius 2 is 2.08 bits per heavy atom. The van der Waals surface area contributed by atoms with Crippen LogP contribution in [0.5, 0.6) is 5.75 Å². The van der Waals surface area contributed by atoms with Crippen LogP contribution < -0.4 is 15.0 Å². The molecule has 0 radical (unpaired) electrons. The lowest BCUT2D eigenvalue weighted by atomic mass is 9.75. The zero-order chi connectivity index (χ0) is 17.8. The molecular weight excluding hydrogens is 322 g/mol. The Morgan fingerprint density at radius 3 is 2.80 bits per heavy atom. The fourth-order valence-corrected chi connectivity index (χ4v) is 4.27. The quantitative estimate of drug-likeness (QED) is 0.626. The maximum absolute atomic E-state index is 12.4. The number of nitrogens with zero attached hydrogens (tertiary/aromatic N) is 1. The van der Waals surface area contributed by atoms with Gasteiger partial charge in [-0.25, -0.2) is 0 Å². The molecule has 7 heteroatoms. The van der Waals surface area contributed by atoms with E-state index in [1.165, 1.54) is 62.3 Å². The average molecular weight is 348 g/mol. The highest BCUT2D eigenvalue weighted by Gasteiger charge is 2.34. The van der Waals surface area contributed by atoms with E-state index in [-0.39, 0.29) is 11.6 Å². The Kier molecular flexibility index (Phi) is 5.53. The number of likely N-dealkylation sites (tertiary alicyclic amines) is 1. The second-order valence-electron chi connectivity index (χ2n) is 7.16. The molecule has 1 aromatic carbocycles. The van der Waals surface area contributed by atoms with Crippen molar-refractivity contribution in [1.29, 1.82) is 0 Å². The van der Waals surface area contributed by atoms with Gasteiger partial charge in [0.2, 0.25) is 0 Å². The lowest BCUT2D eigenvalue weighted by Crippen LogP contribution is -3.15. The first kappa shape index (κ1) is 17.7. The highest BCUT2D eigenvalue weighted by molar-refractivity contribution is 5.93. The van der Waals surface area contributed by atoms with Crippen molar-refractivity contribution >= 4 is 17.3 Å². The summed E-state index contributed by atoms with van der Waals surface area (Å²) < 4.78 is 5.17. The summed E-state index contributed by atoms with van der Waals surface area (Å²) in [4.78, 5) is 24.1. The van der Waals surface area contributed by atoms with Crippen LogP contribution in [0.2, 0.25) is 0 Å². The molecule has 7 nitrogen and oxygen atoms in total. The van der Waals surface area contributed by atoms with Crippen LogP contribution in [0.25, 0.3) is 0 Å². The molecule has 1 saturated carbocycles. The molecule has 0 aromatic heterocycles. The number of amides is 1. The van der Waals surface area contributed by atoms with E-state index in [0.717, 1.165) is 24.9 Å². The first-order valence-corrected chi connectivity index (χ1v) is 9.02. The average Bonchev–Trinajstić information content (AvgIpc) is 2.61. The van der Waals surface area contributed by atoms with Crippen molar-refractivity contribution < 1.29 is 19.4 Å². The number of benzene rings is 1. The number of nitro benzene ring substituents is 1. The highest BCUT2D eigenvalue weighted by Crippen LogP contribution is 2.32. The lowest BCUT2D eigenvalue weighted by Gasteiger charge is -2.38. The predicted octanol–water partition coefficient (Wildman–Crippen LogP) is 1.64. The van der Waals surface area contributed by atoms with Gasteiger partial charge in [-0.3, -0.25) is 14.9 Å². The van der Waals surface area contributed by atoms with Gasteiger partial charge in [0.05, 0.1) is 36.9 Å². The minimum Gasteiger partial charge on any atom is -0.494 e. The third-order valence-corrected chi connectivity index (χ3v) is 5.57. The maximum Gasteiger partial charge on any atom is 0.279 e. The van der Waals surface area contributed by atoms with E-state index in [1.54, 1.807) is 0 Å². The van der Waals surface area contributed by atoms with Gasteiger partial charge in [-0.1, -0.05) is 12.8 Å². The zero-order valence-electron chi connectivity index (χ0n) is 14.6. The van der Waals surface area contributed by atoms with Crippen LogP contribution in [-0.2, 0) is 4.79 Å². The molecule has 136 valence electrons. The summed E-state index contributed by atoms with van der Waals surface area (Å²) in [6, 6.07) is 4.23. The number of anilines is 1. The Labute approximate surface area is 147 Å². The molecule has 3 rings (SSSR count). The summed E-state index contributed by atoms with van der Waals surface area (Å²) in [5, 5.41) is 13.7. The van der Waals surface area contributed by atoms with E-state index >= 15 is 0 Å². The number of hydrogen-bond acceptors (Lipinski definition) is 4. The number of rotatable bonds is 5. The number of quaternary nitrogens is 1. The van der Waals surface area contributed by atoms with Crippen molar-refractivity contribution in [3.05, 3.63) is 28.3 Å². The molecule has 1 aliphatic carbocycles.